The standard InChI is InChI=1S/C12H14FN3O/c1-3-10(14)12-16-15-11(17-12)8-5-4-7(2)6-9(8)13/h4-6,10H,3,14H2,1-2H3. The van der Waals surface area contributed by atoms with Gasteiger partial charge < -0.3 is 10.2 Å². The van der Waals surface area contributed by atoms with E-state index in [0.717, 1.165) is 5.56 Å². The number of hydrogen-bond donors (Lipinski definition) is 1. The van der Waals surface area contributed by atoms with Crippen LogP contribution in [0.4, 0.5) is 4.39 Å². The quantitative estimate of drug-likeness (QED) is 0.888. The first-order chi connectivity index (χ1) is 8.11. The molecule has 2 aromatic rings. The molecule has 1 unspecified atom stereocenters. The maximum absolute atomic E-state index is 13.7. The number of benzene rings is 1. The van der Waals surface area contributed by atoms with Crippen molar-refractivity contribution in [1.29, 1.82) is 0 Å². The van der Waals surface area contributed by atoms with Gasteiger partial charge in [-0.1, -0.05) is 13.0 Å². The Morgan fingerprint density at radius 3 is 2.82 bits per heavy atom. The molecule has 0 radical (unpaired) electrons. The van der Waals surface area contributed by atoms with Crippen molar-refractivity contribution in [3.05, 3.63) is 35.5 Å². The lowest BCUT2D eigenvalue weighted by molar-refractivity contribution is 0.450. The number of nitrogens with two attached hydrogens (primary N) is 1. The van der Waals surface area contributed by atoms with Crippen molar-refractivity contribution in [1.82, 2.24) is 10.2 Å². The van der Waals surface area contributed by atoms with E-state index in [1.807, 2.05) is 13.8 Å². The summed E-state index contributed by atoms with van der Waals surface area (Å²) in [5.74, 6) is 0.133. The fraction of sp³-hybridized carbons (Fsp3) is 0.333. The molecule has 0 fully saturated rings. The Morgan fingerprint density at radius 2 is 2.18 bits per heavy atom. The molecule has 5 heteroatoms. The van der Waals surface area contributed by atoms with Crippen molar-refractivity contribution in [3.63, 3.8) is 0 Å². The van der Waals surface area contributed by atoms with E-state index in [1.165, 1.54) is 6.07 Å². The fourth-order valence-corrected chi connectivity index (χ4v) is 1.46. The molecule has 1 atom stereocenters. The highest BCUT2D eigenvalue weighted by Crippen LogP contribution is 2.24. The highest BCUT2D eigenvalue weighted by Gasteiger charge is 2.16. The lowest BCUT2D eigenvalue weighted by Crippen LogP contribution is -2.08. The third-order valence-electron chi connectivity index (χ3n) is 2.55. The van der Waals surface area contributed by atoms with Crippen molar-refractivity contribution in [2.45, 2.75) is 26.3 Å². The summed E-state index contributed by atoms with van der Waals surface area (Å²) >= 11 is 0. The molecule has 0 aliphatic heterocycles. The van der Waals surface area contributed by atoms with Crippen LogP contribution in [0.2, 0.25) is 0 Å². The van der Waals surface area contributed by atoms with E-state index >= 15 is 0 Å². The van der Waals surface area contributed by atoms with E-state index in [-0.39, 0.29) is 17.7 Å². The molecule has 0 amide bonds. The summed E-state index contributed by atoms with van der Waals surface area (Å²) in [6.45, 7) is 3.74. The lowest BCUT2D eigenvalue weighted by atomic mass is 10.1. The maximum atomic E-state index is 13.7. The first kappa shape index (κ1) is 11.7. The topological polar surface area (TPSA) is 64.9 Å². The lowest BCUT2D eigenvalue weighted by Gasteiger charge is -2.01. The first-order valence-electron chi connectivity index (χ1n) is 5.47. The summed E-state index contributed by atoms with van der Waals surface area (Å²) in [6, 6.07) is 4.55. The second-order valence-electron chi connectivity index (χ2n) is 3.94. The third kappa shape index (κ3) is 2.34. The average Bonchev–Trinajstić information content (AvgIpc) is 2.77. The molecule has 0 spiro atoms. The van der Waals surface area contributed by atoms with Gasteiger partial charge in [-0.3, -0.25) is 0 Å². The molecule has 0 saturated carbocycles. The second-order valence-corrected chi connectivity index (χ2v) is 3.94. The predicted molar refractivity (Wildman–Crippen MR) is 61.6 cm³/mol. The number of nitrogens with zero attached hydrogens (tertiary/aromatic N) is 2. The Balaban J connectivity index is 2.37. The first-order valence-corrected chi connectivity index (χ1v) is 5.47. The van der Waals surface area contributed by atoms with Gasteiger partial charge in [0.25, 0.3) is 5.89 Å². The van der Waals surface area contributed by atoms with Gasteiger partial charge in [-0.15, -0.1) is 10.2 Å². The minimum absolute atomic E-state index is 0.168. The minimum Gasteiger partial charge on any atom is -0.419 e. The zero-order chi connectivity index (χ0) is 12.4. The van der Waals surface area contributed by atoms with Crippen LogP contribution in [-0.2, 0) is 0 Å². The number of rotatable bonds is 3. The van der Waals surface area contributed by atoms with Crippen LogP contribution in [0.25, 0.3) is 11.5 Å². The third-order valence-corrected chi connectivity index (χ3v) is 2.55. The predicted octanol–water partition coefficient (Wildman–Crippen LogP) is 2.59. The van der Waals surface area contributed by atoms with E-state index in [9.17, 15) is 4.39 Å². The summed E-state index contributed by atoms with van der Waals surface area (Å²) in [7, 11) is 0. The number of halogens is 1. The minimum atomic E-state index is -0.370. The molecular weight excluding hydrogens is 221 g/mol. The summed E-state index contributed by atoms with van der Waals surface area (Å²) in [5, 5.41) is 7.63. The Morgan fingerprint density at radius 1 is 1.41 bits per heavy atom. The van der Waals surface area contributed by atoms with E-state index < -0.39 is 0 Å². The molecule has 90 valence electrons. The van der Waals surface area contributed by atoms with Crippen LogP contribution in [0.3, 0.4) is 0 Å². The smallest absolute Gasteiger partial charge is 0.250 e. The number of hydrogen-bond acceptors (Lipinski definition) is 4. The van der Waals surface area contributed by atoms with Crippen molar-refractivity contribution in [2.75, 3.05) is 0 Å². The van der Waals surface area contributed by atoms with Gasteiger partial charge in [0.15, 0.2) is 0 Å². The summed E-state index contributed by atoms with van der Waals surface area (Å²) in [6.07, 6.45) is 0.692. The van der Waals surface area contributed by atoms with Crippen molar-refractivity contribution >= 4 is 0 Å². The summed E-state index contributed by atoms with van der Waals surface area (Å²) < 4.78 is 19.0. The second kappa shape index (κ2) is 4.63. The zero-order valence-corrected chi connectivity index (χ0v) is 9.77. The average molecular weight is 235 g/mol. The molecule has 1 aromatic carbocycles. The Kier molecular flexibility index (Phi) is 3.19. The van der Waals surface area contributed by atoms with Gasteiger partial charge in [0, 0.05) is 0 Å². The molecule has 2 rings (SSSR count). The van der Waals surface area contributed by atoms with Crippen LogP contribution in [0.5, 0.6) is 0 Å². The molecule has 0 aliphatic rings. The van der Waals surface area contributed by atoms with Crippen molar-refractivity contribution in [3.8, 4) is 11.5 Å². The molecule has 1 heterocycles. The molecule has 17 heavy (non-hydrogen) atoms. The normalized spacial score (nSPS) is 12.7. The Hall–Kier alpha value is -1.75. The number of aromatic nitrogens is 2. The molecule has 2 N–H and O–H groups in total. The van der Waals surface area contributed by atoms with Crippen LogP contribution in [0, 0.1) is 12.7 Å². The monoisotopic (exact) mass is 235 g/mol. The Bertz CT molecular complexity index is 524. The summed E-state index contributed by atoms with van der Waals surface area (Å²) in [5.41, 5.74) is 6.90. The molecular formula is C12H14FN3O. The molecule has 0 saturated heterocycles. The van der Waals surface area contributed by atoms with E-state index in [4.69, 9.17) is 10.2 Å². The largest absolute Gasteiger partial charge is 0.419 e. The highest BCUT2D eigenvalue weighted by atomic mass is 19.1. The molecule has 0 bridgehead atoms. The van der Waals surface area contributed by atoms with Crippen molar-refractivity contribution in [2.24, 2.45) is 5.73 Å². The highest BCUT2D eigenvalue weighted by molar-refractivity contribution is 5.54. The van der Waals surface area contributed by atoms with Crippen LogP contribution < -0.4 is 5.73 Å². The molecule has 4 nitrogen and oxygen atoms in total. The van der Waals surface area contributed by atoms with E-state index in [0.29, 0.717) is 17.9 Å². The fourth-order valence-electron chi connectivity index (χ4n) is 1.46. The van der Waals surface area contributed by atoms with Gasteiger partial charge in [-0.25, -0.2) is 4.39 Å². The van der Waals surface area contributed by atoms with E-state index in [1.54, 1.807) is 12.1 Å². The Labute approximate surface area is 98.7 Å². The molecule has 0 aliphatic carbocycles. The van der Waals surface area contributed by atoms with Gasteiger partial charge in [0.2, 0.25) is 5.89 Å². The van der Waals surface area contributed by atoms with Crippen molar-refractivity contribution < 1.29 is 8.81 Å². The van der Waals surface area contributed by atoms with Crippen LogP contribution in [-0.4, -0.2) is 10.2 Å². The van der Waals surface area contributed by atoms with Gasteiger partial charge in [-0.2, -0.15) is 0 Å². The zero-order valence-electron chi connectivity index (χ0n) is 9.77. The van der Waals surface area contributed by atoms with Gasteiger partial charge in [0.05, 0.1) is 11.6 Å². The van der Waals surface area contributed by atoms with Crippen LogP contribution >= 0.6 is 0 Å². The SMILES string of the molecule is CCC(N)c1nnc(-c2ccc(C)cc2F)o1. The van der Waals surface area contributed by atoms with Crippen LogP contribution in [0.1, 0.15) is 30.8 Å². The summed E-state index contributed by atoms with van der Waals surface area (Å²) in [4.78, 5) is 0. The van der Waals surface area contributed by atoms with Crippen LogP contribution in [0.15, 0.2) is 22.6 Å². The van der Waals surface area contributed by atoms with Gasteiger partial charge >= 0.3 is 0 Å². The van der Waals surface area contributed by atoms with Gasteiger partial charge in [-0.05, 0) is 31.0 Å². The van der Waals surface area contributed by atoms with Gasteiger partial charge in [0.1, 0.15) is 5.82 Å². The molecule has 1 aromatic heterocycles. The number of aryl methyl sites for hydroxylation is 1. The maximum Gasteiger partial charge on any atom is 0.250 e. The van der Waals surface area contributed by atoms with E-state index in [2.05, 4.69) is 10.2 Å².